The molecule has 0 radical (unpaired) electrons. The molecule has 2 fully saturated rings. The second-order valence-corrected chi connectivity index (χ2v) is 5.95. The highest BCUT2D eigenvalue weighted by Gasteiger charge is 2.37. The van der Waals surface area contributed by atoms with Gasteiger partial charge in [0.15, 0.2) is 0 Å². The van der Waals surface area contributed by atoms with Crippen molar-refractivity contribution in [3.63, 3.8) is 0 Å². The highest BCUT2D eigenvalue weighted by molar-refractivity contribution is 5.22. The third-order valence-corrected chi connectivity index (χ3v) is 4.34. The van der Waals surface area contributed by atoms with Gasteiger partial charge in [-0.25, -0.2) is 0 Å². The topological polar surface area (TPSA) is 65.1 Å². The van der Waals surface area contributed by atoms with Gasteiger partial charge in [0.05, 0.1) is 23.4 Å². The van der Waals surface area contributed by atoms with Gasteiger partial charge < -0.3 is 5.11 Å². The molecule has 0 unspecified atom stereocenters. The average Bonchev–Trinajstić information content (AvgIpc) is 2.82. The van der Waals surface area contributed by atoms with Crippen molar-refractivity contribution in [2.75, 3.05) is 19.6 Å². The Morgan fingerprint density at radius 2 is 2.11 bits per heavy atom. The van der Waals surface area contributed by atoms with Crippen LogP contribution in [0.1, 0.15) is 43.7 Å². The number of aliphatic hydroxyl groups is 1. The summed E-state index contributed by atoms with van der Waals surface area (Å²) in [5.74, 6) is 0. The van der Waals surface area contributed by atoms with Crippen molar-refractivity contribution in [1.29, 1.82) is 5.26 Å². The van der Waals surface area contributed by atoms with Gasteiger partial charge in [-0.1, -0.05) is 19.3 Å². The Labute approximate surface area is 113 Å². The molecule has 0 spiro atoms. The van der Waals surface area contributed by atoms with Crippen LogP contribution in [0.2, 0.25) is 0 Å². The van der Waals surface area contributed by atoms with Crippen molar-refractivity contribution in [2.24, 2.45) is 0 Å². The summed E-state index contributed by atoms with van der Waals surface area (Å²) in [6, 6.07) is 2.45. The molecule has 1 aliphatic carbocycles. The summed E-state index contributed by atoms with van der Waals surface area (Å²) in [6.07, 6.45) is 8.85. The van der Waals surface area contributed by atoms with E-state index in [2.05, 4.69) is 16.1 Å². The zero-order valence-corrected chi connectivity index (χ0v) is 11.1. The Morgan fingerprint density at radius 3 is 2.74 bits per heavy atom. The van der Waals surface area contributed by atoms with Gasteiger partial charge in [0.1, 0.15) is 6.07 Å². The van der Waals surface area contributed by atoms with E-state index in [1.807, 2.05) is 4.68 Å². The van der Waals surface area contributed by atoms with Crippen molar-refractivity contribution in [2.45, 2.75) is 43.7 Å². The standard InChI is InChI=1S/C14H20N4O/c15-6-12-7-16-18(8-12)13-9-17(10-13)11-14(19)4-2-1-3-5-14/h7-8,13,19H,1-5,9-11H2. The molecule has 1 aliphatic heterocycles. The SMILES string of the molecule is N#Cc1cnn(C2CN(CC3(O)CCCCC3)C2)c1. The van der Waals surface area contributed by atoms with Crippen LogP contribution in [0.5, 0.6) is 0 Å². The van der Waals surface area contributed by atoms with Crippen LogP contribution >= 0.6 is 0 Å². The molecule has 1 aromatic heterocycles. The predicted octanol–water partition coefficient (Wildman–Crippen LogP) is 1.31. The minimum Gasteiger partial charge on any atom is -0.389 e. The van der Waals surface area contributed by atoms with Gasteiger partial charge in [-0.15, -0.1) is 0 Å². The van der Waals surface area contributed by atoms with E-state index in [-0.39, 0.29) is 0 Å². The lowest BCUT2D eigenvalue weighted by atomic mass is 9.84. The first-order chi connectivity index (χ1) is 9.18. The van der Waals surface area contributed by atoms with Crippen LogP contribution in [0.4, 0.5) is 0 Å². The van der Waals surface area contributed by atoms with Gasteiger partial charge in [0, 0.05) is 25.8 Å². The Balaban J connectivity index is 1.51. The number of β-amino-alcohol motifs (C(OH)–C–C–N with tert-alkyl or cyclic N) is 1. The number of likely N-dealkylation sites (tertiary alicyclic amines) is 1. The number of nitrogens with zero attached hydrogens (tertiary/aromatic N) is 4. The summed E-state index contributed by atoms with van der Waals surface area (Å²) >= 11 is 0. The quantitative estimate of drug-likeness (QED) is 0.890. The van der Waals surface area contributed by atoms with Crippen LogP contribution < -0.4 is 0 Å². The minimum atomic E-state index is -0.467. The Morgan fingerprint density at radius 1 is 1.37 bits per heavy atom. The maximum absolute atomic E-state index is 10.5. The molecule has 0 amide bonds. The van der Waals surface area contributed by atoms with E-state index >= 15 is 0 Å². The van der Waals surface area contributed by atoms with Crippen LogP contribution in [0.15, 0.2) is 12.4 Å². The van der Waals surface area contributed by atoms with E-state index in [1.54, 1.807) is 12.4 Å². The summed E-state index contributed by atoms with van der Waals surface area (Å²) in [6.45, 7) is 2.64. The highest BCUT2D eigenvalue weighted by atomic mass is 16.3. The fourth-order valence-electron chi connectivity index (χ4n) is 3.22. The van der Waals surface area contributed by atoms with Gasteiger partial charge in [-0.05, 0) is 12.8 Å². The molecular weight excluding hydrogens is 240 g/mol. The van der Waals surface area contributed by atoms with Crippen molar-refractivity contribution in [3.05, 3.63) is 18.0 Å². The molecule has 1 aromatic rings. The monoisotopic (exact) mass is 260 g/mol. The maximum atomic E-state index is 10.5. The van der Waals surface area contributed by atoms with E-state index in [9.17, 15) is 5.11 Å². The van der Waals surface area contributed by atoms with Crippen molar-refractivity contribution < 1.29 is 5.11 Å². The van der Waals surface area contributed by atoms with E-state index < -0.39 is 5.60 Å². The minimum absolute atomic E-state index is 0.356. The van der Waals surface area contributed by atoms with Crippen LogP contribution in [0, 0.1) is 11.3 Å². The Kier molecular flexibility index (Phi) is 3.29. The molecule has 1 N–H and O–H groups in total. The first-order valence-corrected chi connectivity index (χ1v) is 7.08. The number of nitriles is 1. The van der Waals surface area contributed by atoms with E-state index in [0.717, 1.165) is 45.3 Å². The van der Waals surface area contributed by atoms with E-state index in [4.69, 9.17) is 5.26 Å². The van der Waals surface area contributed by atoms with Crippen molar-refractivity contribution in [1.82, 2.24) is 14.7 Å². The summed E-state index contributed by atoms with van der Waals surface area (Å²) in [4.78, 5) is 2.30. The van der Waals surface area contributed by atoms with E-state index in [1.165, 1.54) is 6.42 Å². The highest BCUT2D eigenvalue weighted by Crippen LogP contribution is 2.31. The number of hydrogen-bond acceptors (Lipinski definition) is 4. The number of hydrogen-bond donors (Lipinski definition) is 1. The Bertz CT molecular complexity index is 478. The third kappa shape index (κ3) is 2.65. The van der Waals surface area contributed by atoms with Crippen LogP contribution in [0.3, 0.4) is 0 Å². The number of aromatic nitrogens is 2. The number of rotatable bonds is 3. The zero-order chi connectivity index (χ0) is 13.3. The van der Waals surface area contributed by atoms with Crippen LogP contribution in [0.25, 0.3) is 0 Å². The summed E-state index contributed by atoms with van der Waals surface area (Å²) in [7, 11) is 0. The van der Waals surface area contributed by atoms with Gasteiger partial charge >= 0.3 is 0 Å². The summed E-state index contributed by atoms with van der Waals surface area (Å²) < 4.78 is 1.87. The molecule has 0 aromatic carbocycles. The normalized spacial score (nSPS) is 23.8. The van der Waals surface area contributed by atoms with Crippen LogP contribution in [-0.2, 0) is 0 Å². The largest absolute Gasteiger partial charge is 0.389 e. The maximum Gasteiger partial charge on any atom is 0.102 e. The molecule has 102 valence electrons. The molecule has 5 heteroatoms. The second kappa shape index (κ2) is 4.95. The smallest absolute Gasteiger partial charge is 0.102 e. The molecule has 5 nitrogen and oxygen atoms in total. The van der Waals surface area contributed by atoms with Gasteiger partial charge in [-0.2, -0.15) is 10.4 Å². The molecule has 0 bridgehead atoms. The molecule has 19 heavy (non-hydrogen) atoms. The summed E-state index contributed by atoms with van der Waals surface area (Å²) in [5, 5.41) is 23.5. The summed E-state index contributed by atoms with van der Waals surface area (Å²) in [5.41, 5.74) is 0.148. The van der Waals surface area contributed by atoms with Crippen molar-refractivity contribution in [3.8, 4) is 6.07 Å². The molecule has 1 saturated carbocycles. The molecule has 2 aliphatic rings. The van der Waals surface area contributed by atoms with E-state index in [0.29, 0.717) is 11.6 Å². The first-order valence-electron chi connectivity index (χ1n) is 7.08. The van der Waals surface area contributed by atoms with Crippen molar-refractivity contribution >= 4 is 0 Å². The van der Waals surface area contributed by atoms with Gasteiger partial charge in [0.2, 0.25) is 0 Å². The lowest BCUT2D eigenvalue weighted by Gasteiger charge is -2.44. The molecule has 3 rings (SSSR count). The van der Waals surface area contributed by atoms with Gasteiger partial charge in [0.25, 0.3) is 0 Å². The lowest BCUT2D eigenvalue weighted by Crippen LogP contribution is -2.54. The molecule has 2 heterocycles. The average molecular weight is 260 g/mol. The first kappa shape index (κ1) is 12.6. The zero-order valence-electron chi connectivity index (χ0n) is 11.1. The Hall–Kier alpha value is -1.38. The third-order valence-electron chi connectivity index (χ3n) is 4.34. The fourth-order valence-corrected chi connectivity index (χ4v) is 3.22. The molecule has 0 atom stereocenters. The van der Waals surface area contributed by atoms with Gasteiger partial charge in [-0.3, -0.25) is 9.58 Å². The lowest BCUT2D eigenvalue weighted by molar-refractivity contribution is -0.0521. The predicted molar refractivity (Wildman–Crippen MR) is 70.5 cm³/mol. The molecule has 1 saturated heterocycles. The second-order valence-electron chi connectivity index (χ2n) is 5.95. The molecular formula is C14H20N4O. The van der Waals surface area contributed by atoms with Crippen LogP contribution in [-0.4, -0.2) is 45.0 Å². The fraction of sp³-hybridized carbons (Fsp3) is 0.714.